The van der Waals surface area contributed by atoms with E-state index in [2.05, 4.69) is 68.1 Å². The molecule has 0 atom stereocenters. The number of unbranched alkanes of at least 4 members (excludes halogenated alkanes) is 3. The van der Waals surface area contributed by atoms with E-state index in [1.165, 1.54) is 0 Å². The summed E-state index contributed by atoms with van der Waals surface area (Å²) in [6, 6.07) is 14.9. The van der Waals surface area contributed by atoms with Gasteiger partial charge in [0, 0.05) is 60.7 Å². The van der Waals surface area contributed by atoms with Crippen molar-refractivity contribution in [2.24, 2.45) is 31.4 Å². The Morgan fingerprint density at radius 1 is 0.595 bits per heavy atom. The minimum Gasteiger partial charge on any atom is -0.368 e. The van der Waals surface area contributed by atoms with Crippen LogP contribution in [0.1, 0.15) is 53.4 Å². The van der Waals surface area contributed by atoms with E-state index in [1.807, 2.05) is 48.5 Å². The summed E-state index contributed by atoms with van der Waals surface area (Å²) in [7, 11) is 0. The van der Waals surface area contributed by atoms with Crippen LogP contribution in [0.5, 0.6) is 0 Å². The first-order valence-electron chi connectivity index (χ1n) is 14.6. The van der Waals surface area contributed by atoms with Gasteiger partial charge in [0.25, 0.3) is 0 Å². The summed E-state index contributed by atoms with van der Waals surface area (Å²) in [5.41, 5.74) is 14.1. The quantitative estimate of drug-likeness (QED) is 0.122. The lowest BCUT2D eigenvalue weighted by Crippen LogP contribution is -2.37. The zero-order chi connectivity index (χ0) is 30.7. The second-order valence-corrected chi connectivity index (χ2v) is 10.2. The predicted molar refractivity (Wildman–Crippen MR) is 182 cm³/mol. The molecule has 0 spiro atoms. The Labute approximate surface area is 261 Å². The lowest BCUT2D eigenvalue weighted by atomic mass is 10.2. The highest BCUT2D eigenvalue weighted by Gasteiger charge is 2.10. The molecule has 0 radical (unpaired) electrons. The van der Waals surface area contributed by atoms with E-state index in [0.717, 1.165) is 63.2 Å². The summed E-state index contributed by atoms with van der Waals surface area (Å²) < 4.78 is 0. The maximum atomic E-state index is 6.15. The smallest absolute Gasteiger partial charge is 0.218 e. The van der Waals surface area contributed by atoms with Crippen LogP contribution < -0.4 is 22.1 Å². The monoisotopic (exact) mass is 616 g/mol. The number of halogens is 2. The minimum absolute atomic E-state index is 0.254. The third-order valence-electron chi connectivity index (χ3n) is 6.38. The average molecular weight is 618 g/mol. The molecular weight excluding hydrogens is 571 g/mol. The predicted octanol–water partition coefficient (Wildman–Crippen LogP) is 6.10. The highest BCUT2D eigenvalue weighted by atomic mass is 35.5. The number of nitrogens with two attached hydrogens (primary N) is 2. The fourth-order valence-corrected chi connectivity index (χ4v) is 4.23. The van der Waals surface area contributed by atoms with Crippen molar-refractivity contribution in [2.45, 2.75) is 53.4 Å². The molecule has 0 aliphatic heterocycles. The normalized spacial score (nSPS) is 12.8. The summed E-state index contributed by atoms with van der Waals surface area (Å²) in [6.45, 7) is 12.7. The number of hydrogen-bond acceptors (Lipinski definition) is 2. The van der Waals surface area contributed by atoms with Crippen molar-refractivity contribution in [3.63, 3.8) is 0 Å². The first-order chi connectivity index (χ1) is 20.3. The van der Waals surface area contributed by atoms with Gasteiger partial charge in [-0.1, -0.05) is 36.0 Å². The van der Waals surface area contributed by atoms with Crippen LogP contribution in [0.25, 0.3) is 0 Å². The van der Waals surface area contributed by atoms with E-state index in [4.69, 9.17) is 34.7 Å². The summed E-state index contributed by atoms with van der Waals surface area (Å²) in [5, 5.41) is 8.01. The van der Waals surface area contributed by atoms with Crippen molar-refractivity contribution in [1.82, 2.24) is 9.80 Å². The SMILES string of the molecule is CCN(CC)/C(=N\C(N)=NCCCCCCN=C(N)/N=C(/Nc1ccc(Cl)cc1)N(CC)CC)Nc1ccc(Cl)cc1. The van der Waals surface area contributed by atoms with Gasteiger partial charge in [-0.05, 0) is 89.1 Å². The molecule has 2 aromatic carbocycles. The number of anilines is 2. The molecule has 0 aromatic heterocycles. The number of nitrogens with one attached hydrogen (secondary N) is 2. The van der Waals surface area contributed by atoms with Gasteiger partial charge in [0.05, 0.1) is 0 Å². The van der Waals surface area contributed by atoms with Gasteiger partial charge in [0.2, 0.25) is 23.8 Å². The van der Waals surface area contributed by atoms with Crippen molar-refractivity contribution < 1.29 is 0 Å². The van der Waals surface area contributed by atoms with Gasteiger partial charge in [0.1, 0.15) is 0 Å². The van der Waals surface area contributed by atoms with Crippen LogP contribution in [-0.4, -0.2) is 72.9 Å². The molecular formula is C30H46Cl2N10. The molecule has 0 saturated carbocycles. The molecule has 0 bridgehead atoms. The zero-order valence-electron chi connectivity index (χ0n) is 25.3. The Hall–Kier alpha value is -3.50. The molecule has 0 aliphatic carbocycles. The van der Waals surface area contributed by atoms with Gasteiger partial charge in [-0.15, -0.1) is 0 Å². The number of aliphatic imine (C=N–C) groups is 4. The second-order valence-electron chi connectivity index (χ2n) is 9.37. The fourth-order valence-electron chi connectivity index (χ4n) is 3.98. The van der Waals surface area contributed by atoms with E-state index in [-0.39, 0.29) is 11.9 Å². The molecule has 0 amide bonds. The van der Waals surface area contributed by atoms with Gasteiger partial charge in [-0.25, -0.2) is 0 Å². The average Bonchev–Trinajstić information content (AvgIpc) is 2.98. The Bertz CT molecular complexity index is 1080. The molecule has 6 N–H and O–H groups in total. The highest BCUT2D eigenvalue weighted by molar-refractivity contribution is 6.31. The zero-order valence-corrected chi connectivity index (χ0v) is 26.8. The van der Waals surface area contributed by atoms with Crippen LogP contribution in [-0.2, 0) is 0 Å². The lowest BCUT2D eigenvalue weighted by Gasteiger charge is -2.23. The topological polar surface area (TPSA) is 132 Å². The minimum atomic E-state index is 0.254. The molecule has 0 fully saturated rings. The van der Waals surface area contributed by atoms with E-state index in [1.54, 1.807) is 0 Å². The van der Waals surface area contributed by atoms with E-state index >= 15 is 0 Å². The highest BCUT2D eigenvalue weighted by Crippen LogP contribution is 2.15. The largest absolute Gasteiger partial charge is 0.368 e. The molecule has 2 aromatic rings. The van der Waals surface area contributed by atoms with Crippen molar-refractivity contribution in [2.75, 3.05) is 49.9 Å². The molecule has 0 heterocycles. The van der Waals surface area contributed by atoms with Gasteiger partial charge in [-0.3, -0.25) is 9.98 Å². The fraction of sp³-hybridized carbons (Fsp3) is 0.467. The molecule has 0 aliphatic rings. The summed E-state index contributed by atoms with van der Waals surface area (Å²) in [5.74, 6) is 1.83. The third kappa shape index (κ3) is 13.0. The lowest BCUT2D eigenvalue weighted by molar-refractivity contribution is 0.465. The van der Waals surface area contributed by atoms with Gasteiger partial charge >= 0.3 is 0 Å². The maximum Gasteiger partial charge on any atom is 0.218 e. The Balaban J connectivity index is 1.84. The molecule has 12 heteroatoms. The third-order valence-corrected chi connectivity index (χ3v) is 6.89. The molecule has 42 heavy (non-hydrogen) atoms. The Kier molecular flexibility index (Phi) is 16.2. The van der Waals surface area contributed by atoms with Gasteiger partial charge in [-0.2, -0.15) is 9.98 Å². The summed E-state index contributed by atoms with van der Waals surface area (Å²) in [6.07, 6.45) is 3.84. The number of guanidine groups is 4. The van der Waals surface area contributed by atoms with Crippen molar-refractivity contribution in [3.8, 4) is 0 Å². The summed E-state index contributed by atoms with van der Waals surface area (Å²) in [4.78, 5) is 22.2. The van der Waals surface area contributed by atoms with Crippen LogP contribution in [0.15, 0.2) is 68.5 Å². The van der Waals surface area contributed by atoms with Crippen LogP contribution >= 0.6 is 23.2 Å². The first kappa shape index (κ1) is 34.7. The summed E-state index contributed by atoms with van der Waals surface area (Å²) >= 11 is 12.0. The van der Waals surface area contributed by atoms with E-state index < -0.39 is 0 Å². The van der Waals surface area contributed by atoms with E-state index in [9.17, 15) is 0 Å². The van der Waals surface area contributed by atoms with Gasteiger partial charge in [0.15, 0.2) is 0 Å². The van der Waals surface area contributed by atoms with Crippen molar-refractivity contribution in [3.05, 3.63) is 58.6 Å². The molecule has 2 rings (SSSR count). The molecule has 230 valence electrons. The standard InChI is InChI=1S/C30H46Cl2N10/c1-5-41(6-2)29(37-25-17-13-23(31)14-18-25)39-27(33)35-21-11-9-10-12-22-36-28(34)40-30(42(7-3)8-4)38-26-19-15-24(32)16-20-26/h13-20H,5-12,21-22H2,1-4H3,(H3,33,35,37,39)(H3,34,36,38,40). The second kappa shape index (κ2) is 19.6. The van der Waals surface area contributed by atoms with Crippen LogP contribution in [0, 0.1) is 0 Å². The number of hydrogen-bond donors (Lipinski definition) is 4. The van der Waals surface area contributed by atoms with Crippen molar-refractivity contribution in [1.29, 1.82) is 0 Å². The van der Waals surface area contributed by atoms with Gasteiger partial charge < -0.3 is 31.9 Å². The Morgan fingerprint density at radius 3 is 1.24 bits per heavy atom. The molecule has 0 unspecified atom stereocenters. The molecule has 0 saturated heterocycles. The molecule has 10 nitrogen and oxygen atoms in total. The van der Waals surface area contributed by atoms with Crippen LogP contribution in [0.4, 0.5) is 11.4 Å². The number of nitrogens with zero attached hydrogens (tertiary/aromatic N) is 6. The van der Waals surface area contributed by atoms with Crippen molar-refractivity contribution >= 4 is 58.4 Å². The number of benzene rings is 2. The number of rotatable bonds is 13. The van der Waals surface area contributed by atoms with Crippen LogP contribution in [0.3, 0.4) is 0 Å². The van der Waals surface area contributed by atoms with Crippen LogP contribution in [0.2, 0.25) is 10.0 Å². The van der Waals surface area contributed by atoms with E-state index in [0.29, 0.717) is 35.1 Å². The first-order valence-corrected chi connectivity index (χ1v) is 15.4. The Morgan fingerprint density at radius 2 is 0.929 bits per heavy atom. The maximum absolute atomic E-state index is 6.15.